The summed E-state index contributed by atoms with van der Waals surface area (Å²) in [6, 6.07) is -0.202. The summed E-state index contributed by atoms with van der Waals surface area (Å²) >= 11 is 0. The number of hydrogen-bond donors (Lipinski definition) is 3. The second kappa shape index (κ2) is 7.61. The molecule has 2 rings (SSSR count). The number of carboxylic acid groups (broad SMARTS) is 1. The maximum Gasteiger partial charge on any atom is 0.332 e. The summed E-state index contributed by atoms with van der Waals surface area (Å²) in [5.41, 5.74) is 0. The Morgan fingerprint density at radius 2 is 2.00 bits per heavy atom. The average Bonchev–Trinajstić information content (AvgIpc) is 3.11. The van der Waals surface area contributed by atoms with Crippen LogP contribution in [0.3, 0.4) is 0 Å². The Morgan fingerprint density at radius 1 is 1.24 bits per heavy atom. The lowest BCUT2D eigenvalue weighted by Crippen LogP contribution is -2.42. The maximum atomic E-state index is 11.7. The van der Waals surface area contributed by atoms with Crippen LogP contribution < -0.4 is 10.6 Å². The van der Waals surface area contributed by atoms with E-state index in [2.05, 4.69) is 22.5 Å². The first-order valence-corrected chi connectivity index (χ1v) is 7.70. The number of nitrogens with zero attached hydrogens (tertiary/aromatic N) is 1. The van der Waals surface area contributed by atoms with Crippen molar-refractivity contribution in [1.82, 2.24) is 15.5 Å². The van der Waals surface area contributed by atoms with Crippen LogP contribution in [0.4, 0.5) is 4.79 Å². The normalized spacial score (nSPS) is 29.5. The van der Waals surface area contributed by atoms with Crippen molar-refractivity contribution < 1.29 is 19.4 Å². The largest absolute Gasteiger partial charge is 0.479 e. The SMILES string of the molecule is CCN1CCC(CNC(=O)NCC2CCC(C(=O)O)O2)C1. The molecular weight excluding hydrogens is 274 g/mol. The molecule has 2 aliphatic rings. The van der Waals surface area contributed by atoms with Crippen molar-refractivity contribution in [2.75, 3.05) is 32.7 Å². The lowest BCUT2D eigenvalue weighted by molar-refractivity contribution is -0.149. The monoisotopic (exact) mass is 299 g/mol. The Hall–Kier alpha value is -1.34. The molecule has 3 N–H and O–H groups in total. The lowest BCUT2D eigenvalue weighted by Gasteiger charge is -2.15. The lowest BCUT2D eigenvalue weighted by atomic mass is 10.1. The van der Waals surface area contributed by atoms with Gasteiger partial charge in [0, 0.05) is 19.6 Å². The molecule has 0 spiro atoms. The molecule has 0 aromatic heterocycles. The maximum absolute atomic E-state index is 11.7. The molecule has 0 radical (unpaired) electrons. The number of likely N-dealkylation sites (tertiary alicyclic amines) is 1. The van der Waals surface area contributed by atoms with Gasteiger partial charge in [-0.15, -0.1) is 0 Å². The molecule has 7 heteroatoms. The molecule has 2 aliphatic heterocycles. The number of carbonyl (C=O) groups excluding carboxylic acids is 1. The molecule has 0 saturated carbocycles. The van der Waals surface area contributed by atoms with E-state index in [1.807, 2.05) is 0 Å². The highest BCUT2D eigenvalue weighted by Crippen LogP contribution is 2.19. The molecule has 7 nitrogen and oxygen atoms in total. The van der Waals surface area contributed by atoms with E-state index >= 15 is 0 Å². The molecule has 3 unspecified atom stereocenters. The van der Waals surface area contributed by atoms with Gasteiger partial charge in [-0.1, -0.05) is 6.92 Å². The summed E-state index contributed by atoms with van der Waals surface area (Å²) in [5, 5.41) is 14.5. The molecule has 21 heavy (non-hydrogen) atoms. The molecule has 0 aromatic carbocycles. The molecule has 3 atom stereocenters. The van der Waals surface area contributed by atoms with Gasteiger partial charge in [0.15, 0.2) is 6.10 Å². The summed E-state index contributed by atoms with van der Waals surface area (Å²) in [6.07, 6.45) is 1.39. The summed E-state index contributed by atoms with van der Waals surface area (Å²) in [4.78, 5) is 24.9. The van der Waals surface area contributed by atoms with Crippen molar-refractivity contribution in [3.8, 4) is 0 Å². The Kier molecular flexibility index (Phi) is 5.81. The number of amides is 2. The summed E-state index contributed by atoms with van der Waals surface area (Å²) < 4.78 is 5.33. The Bertz CT molecular complexity index is 377. The number of ether oxygens (including phenoxy) is 1. The number of carbonyl (C=O) groups is 2. The van der Waals surface area contributed by atoms with Gasteiger partial charge < -0.3 is 25.4 Å². The van der Waals surface area contributed by atoms with E-state index in [0.29, 0.717) is 31.8 Å². The van der Waals surface area contributed by atoms with Crippen LogP contribution in [0.15, 0.2) is 0 Å². The predicted octanol–water partition coefficient (Wildman–Crippen LogP) is 0.260. The van der Waals surface area contributed by atoms with Gasteiger partial charge in [-0.2, -0.15) is 0 Å². The van der Waals surface area contributed by atoms with E-state index in [1.165, 1.54) is 0 Å². The van der Waals surface area contributed by atoms with Crippen LogP contribution in [0.1, 0.15) is 26.2 Å². The van der Waals surface area contributed by atoms with Gasteiger partial charge in [0.1, 0.15) is 0 Å². The molecule has 0 bridgehead atoms. The molecule has 2 saturated heterocycles. The van der Waals surface area contributed by atoms with E-state index in [9.17, 15) is 9.59 Å². The van der Waals surface area contributed by atoms with Gasteiger partial charge in [-0.3, -0.25) is 0 Å². The number of aliphatic carboxylic acids is 1. The van der Waals surface area contributed by atoms with E-state index in [1.54, 1.807) is 0 Å². The van der Waals surface area contributed by atoms with Crippen LogP contribution in [0.5, 0.6) is 0 Å². The first-order chi connectivity index (χ1) is 10.1. The van der Waals surface area contributed by atoms with Crippen molar-refractivity contribution in [3.63, 3.8) is 0 Å². The molecule has 2 heterocycles. The Balaban J connectivity index is 1.57. The summed E-state index contributed by atoms with van der Waals surface area (Å²) in [6.45, 7) is 6.41. The average molecular weight is 299 g/mol. The fraction of sp³-hybridized carbons (Fsp3) is 0.857. The molecular formula is C14H25N3O4. The first-order valence-electron chi connectivity index (χ1n) is 7.70. The Morgan fingerprint density at radius 3 is 2.62 bits per heavy atom. The van der Waals surface area contributed by atoms with Crippen LogP contribution in [0.2, 0.25) is 0 Å². The minimum Gasteiger partial charge on any atom is -0.479 e. The van der Waals surface area contributed by atoms with Crippen LogP contribution >= 0.6 is 0 Å². The summed E-state index contributed by atoms with van der Waals surface area (Å²) in [5.74, 6) is -0.404. The molecule has 0 aliphatic carbocycles. The van der Waals surface area contributed by atoms with E-state index in [0.717, 1.165) is 26.1 Å². The minimum absolute atomic E-state index is 0.195. The summed E-state index contributed by atoms with van der Waals surface area (Å²) in [7, 11) is 0. The van der Waals surface area contributed by atoms with Crippen LogP contribution in [-0.4, -0.2) is 66.9 Å². The third-order valence-corrected chi connectivity index (χ3v) is 4.24. The van der Waals surface area contributed by atoms with Crippen molar-refractivity contribution in [2.24, 2.45) is 5.92 Å². The van der Waals surface area contributed by atoms with Gasteiger partial charge in [-0.25, -0.2) is 9.59 Å². The van der Waals surface area contributed by atoms with Gasteiger partial charge in [0.25, 0.3) is 0 Å². The second-order valence-corrected chi connectivity index (χ2v) is 5.80. The topological polar surface area (TPSA) is 90.9 Å². The molecule has 0 aromatic rings. The number of rotatable bonds is 6. The Labute approximate surface area is 125 Å². The zero-order chi connectivity index (χ0) is 15.2. The number of carboxylic acids is 1. The van der Waals surface area contributed by atoms with E-state index < -0.39 is 12.1 Å². The van der Waals surface area contributed by atoms with Gasteiger partial charge in [0.2, 0.25) is 0 Å². The van der Waals surface area contributed by atoms with Crippen LogP contribution in [0, 0.1) is 5.92 Å². The van der Waals surface area contributed by atoms with Crippen molar-refractivity contribution in [3.05, 3.63) is 0 Å². The van der Waals surface area contributed by atoms with Gasteiger partial charge in [-0.05, 0) is 38.3 Å². The van der Waals surface area contributed by atoms with Crippen LogP contribution in [0.25, 0.3) is 0 Å². The third kappa shape index (κ3) is 4.86. The predicted molar refractivity (Wildman–Crippen MR) is 77.2 cm³/mol. The fourth-order valence-corrected chi connectivity index (χ4v) is 2.91. The standard InChI is InChI=1S/C14H25N3O4/c1-2-17-6-5-10(9-17)7-15-14(20)16-8-11-3-4-12(21-11)13(18)19/h10-12H,2-9H2,1H3,(H,18,19)(H2,15,16,20). The molecule has 2 fully saturated rings. The van der Waals surface area contributed by atoms with E-state index in [4.69, 9.17) is 9.84 Å². The number of hydrogen-bond acceptors (Lipinski definition) is 4. The van der Waals surface area contributed by atoms with Crippen molar-refractivity contribution >= 4 is 12.0 Å². The second-order valence-electron chi connectivity index (χ2n) is 5.80. The van der Waals surface area contributed by atoms with E-state index in [-0.39, 0.29) is 12.1 Å². The molecule has 120 valence electrons. The van der Waals surface area contributed by atoms with Crippen molar-refractivity contribution in [1.29, 1.82) is 0 Å². The molecule has 2 amide bonds. The zero-order valence-electron chi connectivity index (χ0n) is 12.5. The third-order valence-electron chi connectivity index (χ3n) is 4.24. The number of nitrogens with one attached hydrogen (secondary N) is 2. The van der Waals surface area contributed by atoms with Crippen LogP contribution in [-0.2, 0) is 9.53 Å². The first kappa shape index (κ1) is 16.0. The smallest absolute Gasteiger partial charge is 0.332 e. The number of urea groups is 1. The minimum atomic E-state index is -0.927. The highest BCUT2D eigenvalue weighted by atomic mass is 16.5. The highest BCUT2D eigenvalue weighted by Gasteiger charge is 2.30. The quantitative estimate of drug-likeness (QED) is 0.654. The fourth-order valence-electron chi connectivity index (χ4n) is 2.91. The zero-order valence-corrected chi connectivity index (χ0v) is 12.5. The van der Waals surface area contributed by atoms with Gasteiger partial charge in [0.05, 0.1) is 6.10 Å². The van der Waals surface area contributed by atoms with Gasteiger partial charge >= 0.3 is 12.0 Å². The highest BCUT2D eigenvalue weighted by molar-refractivity contribution is 5.74. The van der Waals surface area contributed by atoms with Crippen molar-refractivity contribution in [2.45, 2.75) is 38.4 Å².